The smallest absolute Gasteiger partial charge is 0.456 e. The summed E-state index contributed by atoms with van der Waals surface area (Å²) in [7, 11) is 0. The number of nitrogens with zero attached hydrogens (tertiary/aromatic N) is 3. The van der Waals surface area contributed by atoms with Crippen LogP contribution in [-0.2, 0) is 9.53 Å². The fourth-order valence-electron chi connectivity index (χ4n) is 2.56. The fourth-order valence-corrected chi connectivity index (χ4v) is 2.56. The lowest BCUT2D eigenvalue weighted by Gasteiger charge is -2.11. The van der Waals surface area contributed by atoms with E-state index in [4.69, 9.17) is 4.74 Å². The topological polar surface area (TPSA) is 90.2 Å². The van der Waals surface area contributed by atoms with Crippen LogP contribution in [0.5, 0.6) is 5.75 Å². The number of hydrogen-bond donors (Lipinski definition) is 0. The fraction of sp³-hybridized carbons (Fsp3) is 0.375. The number of pyridine rings is 1. The van der Waals surface area contributed by atoms with E-state index < -0.39 is 29.7 Å². The van der Waals surface area contributed by atoms with E-state index in [-0.39, 0.29) is 31.2 Å². The number of ketones is 1. The number of rotatable bonds is 7. The highest BCUT2D eigenvalue weighted by molar-refractivity contribution is 5.99. The Labute approximate surface area is 150 Å². The first-order valence-corrected chi connectivity index (χ1v) is 7.96. The van der Waals surface area contributed by atoms with E-state index in [0.717, 1.165) is 15.5 Å². The second kappa shape index (κ2) is 7.25. The number of halogens is 3. The Hall–Kier alpha value is -3.11. The van der Waals surface area contributed by atoms with Crippen LogP contribution in [0.25, 0.3) is 5.65 Å². The van der Waals surface area contributed by atoms with Crippen LogP contribution in [0.4, 0.5) is 18.0 Å². The zero-order valence-corrected chi connectivity index (χ0v) is 13.9. The molecule has 1 aliphatic rings. The van der Waals surface area contributed by atoms with Crippen molar-refractivity contribution in [3.8, 4) is 5.75 Å². The zero-order valence-electron chi connectivity index (χ0n) is 13.9. The molecular formula is C16H14F3N3O5. The predicted molar refractivity (Wildman–Crippen MR) is 83.4 cm³/mol. The number of carbonyl (C=O) groups is 3. The first kappa shape index (κ1) is 18.7. The molecule has 27 heavy (non-hydrogen) atoms. The van der Waals surface area contributed by atoms with Gasteiger partial charge in [-0.2, -0.15) is 13.2 Å². The number of ether oxygens (including phenoxy) is 2. The molecular weight excluding hydrogens is 371 g/mol. The molecule has 3 rings (SSSR count). The third-order valence-corrected chi connectivity index (χ3v) is 3.86. The van der Waals surface area contributed by atoms with Gasteiger partial charge in [-0.25, -0.2) is 14.7 Å². The summed E-state index contributed by atoms with van der Waals surface area (Å²) in [4.78, 5) is 38.9. The van der Waals surface area contributed by atoms with Gasteiger partial charge in [0.05, 0.1) is 12.8 Å². The summed E-state index contributed by atoms with van der Waals surface area (Å²) in [6.07, 6.45) is -2.59. The minimum atomic E-state index is -5.00. The van der Waals surface area contributed by atoms with Crippen LogP contribution in [0.3, 0.4) is 0 Å². The molecule has 0 spiro atoms. The molecule has 11 heteroatoms. The molecule has 144 valence electrons. The van der Waals surface area contributed by atoms with E-state index in [1.165, 1.54) is 18.3 Å². The second-order valence-corrected chi connectivity index (χ2v) is 5.69. The molecule has 0 radical (unpaired) electrons. The SMILES string of the molecule is O=C1COC(=O)N1CCCCOc1cccn2c(C(=O)C(F)(F)F)cnc12. The van der Waals surface area contributed by atoms with Crippen molar-refractivity contribution >= 4 is 23.4 Å². The average Bonchev–Trinajstić information content (AvgIpc) is 3.18. The van der Waals surface area contributed by atoms with Gasteiger partial charge in [0.25, 0.3) is 11.7 Å². The minimum Gasteiger partial charge on any atom is -0.490 e. The standard InChI is InChI=1S/C16H14F3N3O5/c17-16(18,19)13(24)10-8-20-14-11(4-3-6-21(10)14)26-7-2-1-5-22-12(23)9-27-15(22)25/h3-4,6,8H,1-2,5,7,9H2. The molecule has 0 atom stereocenters. The molecule has 0 unspecified atom stereocenters. The number of amides is 2. The van der Waals surface area contributed by atoms with Crippen LogP contribution < -0.4 is 4.74 Å². The first-order valence-electron chi connectivity index (χ1n) is 7.96. The summed E-state index contributed by atoms with van der Waals surface area (Å²) in [5.41, 5.74) is -0.516. The van der Waals surface area contributed by atoms with E-state index in [1.807, 2.05) is 0 Å². The Morgan fingerprint density at radius 1 is 1.30 bits per heavy atom. The quantitative estimate of drug-likeness (QED) is 0.536. The lowest BCUT2D eigenvalue weighted by atomic mass is 10.3. The van der Waals surface area contributed by atoms with Crippen molar-refractivity contribution in [2.45, 2.75) is 19.0 Å². The lowest BCUT2D eigenvalue weighted by Crippen LogP contribution is -2.30. The largest absolute Gasteiger partial charge is 0.490 e. The van der Waals surface area contributed by atoms with Gasteiger partial charge in [-0.05, 0) is 25.0 Å². The van der Waals surface area contributed by atoms with Gasteiger partial charge < -0.3 is 9.47 Å². The maximum Gasteiger partial charge on any atom is 0.456 e. The number of carbonyl (C=O) groups excluding carboxylic acids is 3. The number of alkyl halides is 3. The molecule has 2 aromatic rings. The lowest BCUT2D eigenvalue weighted by molar-refractivity contribution is -0.126. The van der Waals surface area contributed by atoms with Gasteiger partial charge in [0.1, 0.15) is 5.69 Å². The Morgan fingerprint density at radius 2 is 2.07 bits per heavy atom. The van der Waals surface area contributed by atoms with E-state index in [9.17, 15) is 27.6 Å². The van der Waals surface area contributed by atoms with Crippen LogP contribution in [0.1, 0.15) is 23.3 Å². The summed E-state index contributed by atoms with van der Waals surface area (Å²) in [6, 6.07) is 2.96. The molecule has 0 saturated carbocycles. The monoisotopic (exact) mass is 385 g/mol. The summed E-state index contributed by atoms with van der Waals surface area (Å²) in [5, 5.41) is 0. The van der Waals surface area contributed by atoms with Crippen molar-refractivity contribution in [3.63, 3.8) is 0 Å². The van der Waals surface area contributed by atoms with Crippen molar-refractivity contribution in [1.29, 1.82) is 0 Å². The van der Waals surface area contributed by atoms with E-state index in [1.54, 1.807) is 0 Å². The van der Waals surface area contributed by atoms with Gasteiger partial charge >= 0.3 is 12.3 Å². The zero-order chi connectivity index (χ0) is 19.6. The number of imide groups is 1. The molecule has 8 nitrogen and oxygen atoms in total. The van der Waals surface area contributed by atoms with Gasteiger partial charge in [-0.3, -0.25) is 14.0 Å². The van der Waals surface area contributed by atoms with Crippen molar-refractivity contribution in [3.05, 3.63) is 30.2 Å². The molecule has 0 aliphatic carbocycles. The molecule has 1 fully saturated rings. The Balaban J connectivity index is 1.59. The summed E-state index contributed by atoms with van der Waals surface area (Å²) >= 11 is 0. The maximum atomic E-state index is 12.6. The molecule has 0 N–H and O–H groups in total. The third-order valence-electron chi connectivity index (χ3n) is 3.86. The molecule has 0 aromatic carbocycles. The number of hydrogen-bond acceptors (Lipinski definition) is 6. The van der Waals surface area contributed by atoms with Gasteiger partial charge in [0.15, 0.2) is 18.0 Å². The number of imidazole rings is 1. The number of aromatic nitrogens is 2. The Bertz CT molecular complexity index is 877. The highest BCUT2D eigenvalue weighted by atomic mass is 19.4. The predicted octanol–water partition coefficient (Wildman–Crippen LogP) is 2.22. The highest BCUT2D eigenvalue weighted by Gasteiger charge is 2.41. The Morgan fingerprint density at radius 3 is 2.74 bits per heavy atom. The first-order chi connectivity index (χ1) is 12.8. The van der Waals surface area contributed by atoms with Crippen LogP contribution in [0, 0.1) is 0 Å². The minimum absolute atomic E-state index is 0.0865. The summed E-state index contributed by atoms with van der Waals surface area (Å²) < 4.78 is 49.0. The van der Waals surface area contributed by atoms with E-state index >= 15 is 0 Å². The molecule has 1 aliphatic heterocycles. The van der Waals surface area contributed by atoms with E-state index in [0.29, 0.717) is 12.8 Å². The van der Waals surface area contributed by atoms with Gasteiger partial charge in [-0.15, -0.1) is 0 Å². The number of fused-ring (bicyclic) bond motifs is 1. The number of cyclic esters (lactones) is 1. The van der Waals surface area contributed by atoms with E-state index in [2.05, 4.69) is 9.72 Å². The second-order valence-electron chi connectivity index (χ2n) is 5.69. The van der Waals surface area contributed by atoms with Crippen LogP contribution in [0.2, 0.25) is 0 Å². The van der Waals surface area contributed by atoms with Crippen molar-refractivity contribution < 1.29 is 37.0 Å². The average molecular weight is 385 g/mol. The maximum absolute atomic E-state index is 12.6. The molecule has 2 amide bonds. The van der Waals surface area contributed by atoms with Crippen molar-refractivity contribution in [2.24, 2.45) is 0 Å². The van der Waals surface area contributed by atoms with Crippen molar-refractivity contribution in [2.75, 3.05) is 19.8 Å². The molecule has 1 saturated heterocycles. The summed E-state index contributed by atoms with van der Waals surface area (Å²) in [5.74, 6) is -2.17. The van der Waals surface area contributed by atoms with Gasteiger partial charge in [0, 0.05) is 12.7 Å². The summed E-state index contributed by atoms with van der Waals surface area (Å²) in [6.45, 7) is 0.126. The van der Waals surface area contributed by atoms with Gasteiger partial charge in [-0.1, -0.05) is 0 Å². The molecule has 2 aromatic heterocycles. The molecule has 0 bridgehead atoms. The molecule has 3 heterocycles. The van der Waals surface area contributed by atoms with Gasteiger partial charge in [0.2, 0.25) is 0 Å². The normalized spacial score (nSPS) is 14.7. The third kappa shape index (κ3) is 3.86. The van der Waals surface area contributed by atoms with Crippen LogP contribution in [0.15, 0.2) is 24.5 Å². The van der Waals surface area contributed by atoms with Crippen LogP contribution in [-0.4, -0.2) is 58.0 Å². The van der Waals surface area contributed by atoms with Crippen molar-refractivity contribution in [1.82, 2.24) is 14.3 Å². The number of unbranched alkanes of at least 4 members (excludes halogenated alkanes) is 1. The Kier molecular flexibility index (Phi) is 5.02. The highest BCUT2D eigenvalue weighted by Crippen LogP contribution is 2.25. The van der Waals surface area contributed by atoms with Crippen LogP contribution >= 0.6 is 0 Å². The number of Topliss-reactive ketones (excluding diaryl/α,β-unsaturated/α-hetero) is 1.